The average Bonchev–Trinajstić information content (AvgIpc) is 2.55. The zero-order valence-corrected chi connectivity index (χ0v) is 8.06. The van der Waals surface area contributed by atoms with E-state index in [0.717, 1.165) is 10.4 Å². The van der Waals surface area contributed by atoms with Crippen LogP contribution in [0.5, 0.6) is 0 Å². The molecule has 2 aliphatic heterocycles. The van der Waals surface area contributed by atoms with Crippen LogP contribution in [0.4, 0.5) is 0 Å². The van der Waals surface area contributed by atoms with E-state index < -0.39 is 0 Å². The third-order valence-corrected chi connectivity index (χ3v) is 2.87. The van der Waals surface area contributed by atoms with Crippen LogP contribution in [0, 0.1) is 0 Å². The lowest BCUT2D eigenvalue weighted by molar-refractivity contribution is -0.131. The molecule has 1 aromatic rings. The summed E-state index contributed by atoms with van der Waals surface area (Å²) in [4.78, 5) is 24.8. The van der Waals surface area contributed by atoms with Crippen molar-refractivity contribution in [2.75, 3.05) is 13.1 Å². The molecule has 0 spiro atoms. The minimum Gasteiger partial charge on any atom is -0.356 e. The molecule has 0 atom stereocenters. The molecule has 3 nitrogen and oxygen atoms in total. The normalized spacial score (nSPS) is 18.7. The van der Waals surface area contributed by atoms with Crippen LogP contribution in [-0.2, 0) is 9.59 Å². The Hall–Kier alpha value is -1.90. The van der Waals surface area contributed by atoms with Crippen LogP contribution in [0.25, 0.3) is 11.8 Å². The van der Waals surface area contributed by atoms with E-state index in [1.807, 2.05) is 35.2 Å². The number of Topliss-reactive ketones (excluding diaryl/α,β-unsaturated/α-hetero) is 2. The molecular formula is C12H9NO2. The van der Waals surface area contributed by atoms with Gasteiger partial charge in [-0.2, -0.15) is 0 Å². The average molecular weight is 199 g/mol. The highest BCUT2D eigenvalue weighted by Crippen LogP contribution is 2.15. The smallest absolute Gasteiger partial charge is 0.247 e. The minimum atomic E-state index is -0.337. The molecule has 0 N–H and O–H groups in total. The second-order valence-electron chi connectivity index (χ2n) is 3.77. The molecule has 2 heterocycles. The molecule has 1 fully saturated rings. The second-order valence-corrected chi connectivity index (χ2v) is 3.77. The monoisotopic (exact) mass is 199 g/mol. The third-order valence-electron chi connectivity index (χ3n) is 2.87. The number of fused-ring (bicyclic) bond motifs is 2. The Morgan fingerprint density at radius 2 is 1.93 bits per heavy atom. The number of hydrogen-bond donors (Lipinski definition) is 0. The van der Waals surface area contributed by atoms with Crippen LogP contribution >= 0.6 is 0 Å². The summed E-state index contributed by atoms with van der Waals surface area (Å²) in [5.74, 6) is -0.634. The Labute approximate surface area is 86.3 Å². The fourth-order valence-corrected chi connectivity index (χ4v) is 2.15. The van der Waals surface area contributed by atoms with Crippen LogP contribution in [0.1, 0.15) is 0 Å². The lowest BCUT2D eigenvalue weighted by Gasteiger charge is -2.18. The van der Waals surface area contributed by atoms with Gasteiger partial charge in [0.1, 0.15) is 0 Å². The number of rotatable bonds is 0. The van der Waals surface area contributed by atoms with Gasteiger partial charge in [0.15, 0.2) is 0 Å². The van der Waals surface area contributed by atoms with Gasteiger partial charge in [0.2, 0.25) is 11.6 Å². The fourth-order valence-electron chi connectivity index (χ4n) is 2.15. The third kappa shape index (κ3) is 1.06. The number of hydrogen-bond acceptors (Lipinski definition) is 3. The zero-order chi connectivity index (χ0) is 10.4. The van der Waals surface area contributed by atoms with E-state index >= 15 is 0 Å². The number of carbonyl (C=O) groups excluding carboxylic acids is 2. The van der Waals surface area contributed by atoms with Gasteiger partial charge in [0.05, 0.1) is 12.2 Å². The second kappa shape index (κ2) is 2.79. The Bertz CT molecular complexity index is 586. The lowest BCUT2D eigenvalue weighted by Crippen LogP contribution is -2.38. The van der Waals surface area contributed by atoms with Crippen LogP contribution in [-0.4, -0.2) is 29.6 Å². The van der Waals surface area contributed by atoms with Crippen molar-refractivity contribution < 1.29 is 9.59 Å². The van der Waals surface area contributed by atoms with Gasteiger partial charge < -0.3 is 4.90 Å². The summed E-state index contributed by atoms with van der Waals surface area (Å²) >= 11 is 0. The molecule has 0 radical (unpaired) electrons. The molecule has 0 aromatic heterocycles. The highest BCUT2D eigenvalue weighted by Gasteiger charge is 2.34. The maximum Gasteiger partial charge on any atom is 0.247 e. The van der Waals surface area contributed by atoms with Crippen molar-refractivity contribution >= 4 is 23.3 Å². The van der Waals surface area contributed by atoms with Crippen LogP contribution in [0.3, 0.4) is 0 Å². The molecule has 1 aromatic carbocycles. The first-order chi connectivity index (χ1) is 7.27. The van der Waals surface area contributed by atoms with Gasteiger partial charge in [-0.05, 0) is 5.22 Å². The molecular weight excluding hydrogens is 190 g/mol. The molecule has 2 aliphatic rings. The first-order valence-corrected chi connectivity index (χ1v) is 4.89. The van der Waals surface area contributed by atoms with Crippen LogP contribution < -0.4 is 10.4 Å². The largest absolute Gasteiger partial charge is 0.356 e. The van der Waals surface area contributed by atoms with Crippen molar-refractivity contribution in [3.05, 3.63) is 34.7 Å². The van der Waals surface area contributed by atoms with Crippen molar-refractivity contribution in [3.8, 4) is 0 Å². The molecule has 3 heteroatoms. The SMILES string of the molecule is O=C1CN2CC=c3ccccc3=C2C1=O. The standard InChI is InChI=1S/C12H9NO2/c14-10-7-13-6-5-8-3-1-2-4-9(8)11(13)12(10)15/h1-5H,6-7H2. The van der Waals surface area contributed by atoms with Crippen molar-refractivity contribution in [2.24, 2.45) is 0 Å². The molecule has 15 heavy (non-hydrogen) atoms. The van der Waals surface area contributed by atoms with Crippen LogP contribution in [0.2, 0.25) is 0 Å². The van der Waals surface area contributed by atoms with Gasteiger partial charge in [-0.1, -0.05) is 30.3 Å². The predicted octanol–water partition coefficient (Wildman–Crippen LogP) is -0.957. The van der Waals surface area contributed by atoms with Gasteiger partial charge in [-0.15, -0.1) is 0 Å². The lowest BCUT2D eigenvalue weighted by atomic mass is 10.1. The van der Waals surface area contributed by atoms with E-state index in [1.54, 1.807) is 0 Å². The van der Waals surface area contributed by atoms with Crippen molar-refractivity contribution in [1.29, 1.82) is 0 Å². The quantitative estimate of drug-likeness (QED) is 0.505. The Morgan fingerprint density at radius 3 is 2.80 bits per heavy atom. The van der Waals surface area contributed by atoms with Gasteiger partial charge in [0, 0.05) is 11.8 Å². The van der Waals surface area contributed by atoms with E-state index in [9.17, 15) is 9.59 Å². The zero-order valence-electron chi connectivity index (χ0n) is 8.06. The summed E-state index contributed by atoms with van der Waals surface area (Å²) < 4.78 is 0. The van der Waals surface area contributed by atoms with Crippen molar-refractivity contribution in [3.63, 3.8) is 0 Å². The van der Waals surface area contributed by atoms with E-state index in [-0.39, 0.29) is 18.1 Å². The predicted molar refractivity (Wildman–Crippen MR) is 55.2 cm³/mol. The summed E-state index contributed by atoms with van der Waals surface area (Å²) in [5, 5.41) is 1.94. The minimum absolute atomic E-state index is 0.235. The molecule has 1 saturated heterocycles. The molecule has 0 amide bonds. The van der Waals surface area contributed by atoms with E-state index in [0.29, 0.717) is 12.2 Å². The van der Waals surface area contributed by atoms with E-state index in [4.69, 9.17) is 0 Å². The van der Waals surface area contributed by atoms with Crippen molar-refractivity contribution in [1.82, 2.24) is 4.90 Å². The summed E-state index contributed by atoms with van der Waals surface area (Å²) in [5.41, 5.74) is 0.582. The maximum absolute atomic E-state index is 11.7. The van der Waals surface area contributed by atoms with Crippen molar-refractivity contribution in [2.45, 2.75) is 0 Å². The molecule has 0 aliphatic carbocycles. The highest BCUT2D eigenvalue weighted by molar-refractivity contribution is 6.55. The van der Waals surface area contributed by atoms with Gasteiger partial charge in [-0.3, -0.25) is 9.59 Å². The summed E-state index contributed by atoms with van der Waals surface area (Å²) in [6, 6.07) is 7.69. The van der Waals surface area contributed by atoms with Gasteiger partial charge >= 0.3 is 0 Å². The summed E-state index contributed by atoms with van der Waals surface area (Å²) in [7, 11) is 0. The van der Waals surface area contributed by atoms with E-state index in [2.05, 4.69) is 0 Å². The molecule has 0 unspecified atom stereocenters. The summed E-state index contributed by atoms with van der Waals surface area (Å²) in [6.45, 7) is 0.892. The Balaban J connectivity index is 2.42. The Morgan fingerprint density at radius 1 is 1.13 bits per heavy atom. The maximum atomic E-state index is 11.7. The first kappa shape index (κ1) is 8.41. The van der Waals surface area contributed by atoms with Gasteiger partial charge in [-0.25, -0.2) is 0 Å². The molecule has 74 valence electrons. The fraction of sp³-hybridized carbons (Fsp3) is 0.167. The molecule has 0 saturated carbocycles. The first-order valence-electron chi connectivity index (χ1n) is 4.89. The number of benzene rings is 1. The van der Waals surface area contributed by atoms with Gasteiger partial charge in [0.25, 0.3) is 0 Å². The topological polar surface area (TPSA) is 37.4 Å². The molecule has 0 bridgehead atoms. The number of nitrogens with zero attached hydrogens (tertiary/aromatic N) is 1. The molecule has 3 rings (SSSR count). The Kier molecular flexibility index (Phi) is 1.57. The summed E-state index contributed by atoms with van der Waals surface area (Å²) in [6.07, 6.45) is 2.05. The van der Waals surface area contributed by atoms with Crippen LogP contribution in [0.15, 0.2) is 24.3 Å². The number of carbonyl (C=O) groups is 2. The van der Waals surface area contributed by atoms with E-state index in [1.165, 1.54) is 0 Å². The highest BCUT2D eigenvalue weighted by atomic mass is 16.2. The number of ketones is 2.